The monoisotopic (exact) mass is 258 g/mol. The zero-order chi connectivity index (χ0) is 13.5. The van der Waals surface area contributed by atoms with E-state index in [1.807, 2.05) is 0 Å². The van der Waals surface area contributed by atoms with E-state index in [1.165, 1.54) is 12.1 Å². The summed E-state index contributed by atoms with van der Waals surface area (Å²) in [5.74, 6) is -1.25. The Labute approximate surface area is 104 Å². The van der Waals surface area contributed by atoms with Gasteiger partial charge in [-0.15, -0.1) is 0 Å². The average molecular weight is 258 g/mol. The Morgan fingerprint density at radius 3 is 2.78 bits per heavy atom. The molecule has 0 fully saturated rings. The summed E-state index contributed by atoms with van der Waals surface area (Å²) >= 11 is 0. The van der Waals surface area contributed by atoms with Gasteiger partial charge < -0.3 is 15.7 Å². The third kappa shape index (κ3) is 4.67. The van der Waals surface area contributed by atoms with Gasteiger partial charge in [0.2, 0.25) is 0 Å². The summed E-state index contributed by atoms with van der Waals surface area (Å²) in [6, 6.07) is 2.56. The molecule has 1 rings (SSSR count). The second-order valence-electron chi connectivity index (χ2n) is 3.97. The molecule has 0 aliphatic carbocycles. The standard InChI is InChI=1S/C12H16F2N2O2/c1-8(7-17)16-12(18)15-5-4-9-2-3-10(13)6-11(9)14/h2-3,6,8,17H,4-5,7H2,1H3,(H2,15,16,18). The average Bonchev–Trinajstić information content (AvgIpc) is 2.31. The van der Waals surface area contributed by atoms with Crippen LogP contribution in [0.25, 0.3) is 0 Å². The first kappa shape index (κ1) is 14.4. The maximum absolute atomic E-state index is 13.2. The summed E-state index contributed by atoms with van der Waals surface area (Å²) in [6.07, 6.45) is 0.271. The number of amides is 2. The molecule has 100 valence electrons. The molecule has 6 heteroatoms. The molecule has 0 radical (unpaired) electrons. The highest BCUT2D eigenvalue weighted by Crippen LogP contribution is 2.09. The SMILES string of the molecule is CC(CO)NC(=O)NCCc1ccc(F)cc1F. The smallest absolute Gasteiger partial charge is 0.315 e. The fraction of sp³-hybridized carbons (Fsp3) is 0.417. The van der Waals surface area contributed by atoms with E-state index >= 15 is 0 Å². The molecule has 0 aliphatic rings. The van der Waals surface area contributed by atoms with E-state index in [1.54, 1.807) is 6.92 Å². The first-order valence-corrected chi connectivity index (χ1v) is 5.62. The predicted octanol–water partition coefficient (Wildman–Crippen LogP) is 1.19. The van der Waals surface area contributed by atoms with E-state index < -0.39 is 17.7 Å². The molecular weight excluding hydrogens is 242 g/mol. The molecule has 0 heterocycles. The van der Waals surface area contributed by atoms with Gasteiger partial charge in [0.1, 0.15) is 11.6 Å². The second kappa shape index (κ2) is 6.90. The van der Waals surface area contributed by atoms with E-state index in [0.29, 0.717) is 5.56 Å². The van der Waals surface area contributed by atoms with Crippen molar-refractivity contribution in [2.24, 2.45) is 0 Å². The lowest BCUT2D eigenvalue weighted by atomic mass is 10.1. The van der Waals surface area contributed by atoms with E-state index in [9.17, 15) is 13.6 Å². The molecule has 1 aromatic rings. The Bertz CT molecular complexity index is 413. The molecule has 0 saturated carbocycles. The van der Waals surface area contributed by atoms with Gasteiger partial charge in [-0.1, -0.05) is 6.07 Å². The first-order valence-electron chi connectivity index (χ1n) is 5.62. The summed E-state index contributed by atoms with van der Waals surface area (Å²) in [7, 11) is 0. The molecule has 0 saturated heterocycles. The molecule has 0 bridgehead atoms. The summed E-state index contributed by atoms with van der Waals surface area (Å²) < 4.78 is 25.9. The lowest BCUT2D eigenvalue weighted by molar-refractivity contribution is 0.220. The lowest BCUT2D eigenvalue weighted by Gasteiger charge is -2.12. The van der Waals surface area contributed by atoms with Gasteiger partial charge in [0.05, 0.1) is 12.6 Å². The number of aliphatic hydroxyl groups excluding tert-OH is 1. The molecule has 3 N–H and O–H groups in total. The maximum atomic E-state index is 13.2. The van der Waals surface area contributed by atoms with Crippen molar-refractivity contribution in [2.45, 2.75) is 19.4 Å². The Morgan fingerprint density at radius 2 is 2.17 bits per heavy atom. The van der Waals surface area contributed by atoms with Gasteiger partial charge in [-0.3, -0.25) is 0 Å². The molecule has 1 aromatic carbocycles. The van der Waals surface area contributed by atoms with Gasteiger partial charge in [-0.2, -0.15) is 0 Å². The number of halogens is 2. The van der Waals surface area contributed by atoms with Crippen LogP contribution < -0.4 is 10.6 Å². The summed E-state index contributed by atoms with van der Waals surface area (Å²) in [6.45, 7) is 1.73. The van der Waals surface area contributed by atoms with Crippen LogP contribution in [0.2, 0.25) is 0 Å². The molecule has 0 aromatic heterocycles. The highest BCUT2D eigenvalue weighted by atomic mass is 19.1. The van der Waals surface area contributed by atoms with Crippen molar-refractivity contribution >= 4 is 6.03 Å². The number of nitrogens with one attached hydrogen (secondary N) is 2. The Balaban J connectivity index is 2.35. The zero-order valence-corrected chi connectivity index (χ0v) is 10.0. The van der Waals surface area contributed by atoms with Crippen LogP contribution in [0.5, 0.6) is 0 Å². The van der Waals surface area contributed by atoms with Gasteiger partial charge in [0.25, 0.3) is 0 Å². The Morgan fingerprint density at radius 1 is 1.44 bits per heavy atom. The van der Waals surface area contributed by atoms with Crippen molar-refractivity contribution in [3.63, 3.8) is 0 Å². The van der Waals surface area contributed by atoms with Crippen molar-refractivity contribution in [3.05, 3.63) is 35.4 Å². The minimum atomic E-state index is -0.626. The third-order valence-electron chi connectivity index (χ3n) is 2.35. The van der Waals surface area contributed by atoms with Crippen LogP contribution in [-0.2, 0) is 6.42 Å². The van der Waals surface area contributed by atoms with Gasteiger partial charge in [-0.25, -0.2) is 13.6 Å². The van der Waals surface area contributed by atoms with Gasteiger partial charge in [0.15, 0.2) is 0 Å². The zero-order valence-electron chi connectivity index (χ0n) is 10.0. The first-order chi connectivity index (χ1) is 8.52. The van der Waals surface area contributed by atoms with E-state index in [4.69, 9.17) is 5.11 Å². The van der Waals surface area contributed by atoms with Crippen LogP contribution in [0.15, 0.2) is 18.2 Å². The molecule has 1 unspecified atom stereocenters. The Hall–Kier alpha value is -1.69. The van der Waals surface area contributed by atoms with Crippen molar-refractivity contribution in [3.8, 4) is 0 Å². The Kier molecular flexibility index (Phi) is 5.51. The fourth-order valence-corrected chi connectivity index (χ4v) is 1.36. The van der Waals surface area contributed by atoms with Crippen molar-refractivity contribution in [2.75, 3.05) is 13.2 Å². The number of urea groups is 1. The van der Waals surface area contributed by atoms with Crippen molar-refractivity contribution in [1.82, 2.24) is 10.6 Å². The quantitative estimate of drug-likeness (QED) is 0.743. The van der Waals surface area contributed by atoms with Crippen LogP contribution in [0, 0.1) is 11.6 Å². The third-order valence-corrected chi connectivity index (χ3v) is 2.35. The molecule has 1 atom stereocenters. The van der Waals surface area contributed by atoms with Crippen LogP contribution in [-0.4, -0.2) is 30.3 Å². The van der Waals surface area contributed by atoms with Crippen molar-refractivity contribution < 1.29 is 18.7 Å². The highest BCUT2D eigenvalue weighted by Gasteiger charge is 2.06. The number of hydrogen-bond acceptors (Lipinski definition) is 2. The molecule has 4 nitrogen and oxygen atoms in total. The largest absolute Gasteiger partial charge is 0.394 e. The topological polar surface area (TPSA) is 61.4 Å². The van der Waals surface area contributed by atoms with E-state index in [-0.39, 0.29) is 25.6 Å². The number of carbonyl (C=O) groups excluding carboxylic acids is 1. The molecule has 0 aliphatic heterocycles. The van der Waals surface area contributed by atoms with Gasteiger partial charge in [-0.05, 0) is 25.0 Å². The summed E-state index contributed by atoms with van der Waals surface area (Å²) in [5.41, 5.74) is 0.340. The second-order valence-corrected chi connectivity index (χ2v) is 3.97. The van der Waals surface area contributed by atoms with Gasteiger partial charge >= 0.3 is 6.03 Å². The minimum absolute atomic E-state index is 0.153. The number of benzene rings is 1. The van der Waals surface area contributed by atoms with Gasteiger partial charge in [0, 0.05) is 12.6 Å². The predicted molar refractivity (Wildman–Crippen MR) is 63.1 cm³/mol. The van der Waals surface area contributed by atoms with Crippen LogP contribution in [0.1, 0.15) is 12.5 Å². The number of hydrogen-bond donors (Lipinski definition) is 3. The fourth-order valence-electron chi connectivity index (χ4n) is 1.36. The highest BCUT2D eigenvalue weighted by molar-refractivity contribution is 5.74. The van der Waals surface area contributed by atoms with Crippen LogP contribution in [0.4, 0.5) is 13.6 Å². The number of rotatable bonds is 5. The molecule has 0 spiro atoms. The van der Waals surface area contributed by atoms with E-state index in [0.717, 1.165) is 6.07 Å². The summed E-state index contributed by atoms with van der Waals surface area (Å²) in [5, 5.41) is 13.7. The maximum Gasteiger partial charge on any atom is 0.315 e. The lowest BCUT2D eigenvalue weighted by Crippen LogP contribution is -2.42. The molecular formula is C12H16F2N2O2. The number of carbonyl (C=O) groups is 1. The normalized spacial score (nSPS) is 12.0. The molecule has 2 amide bonds. The van der Waals surface area contributed by atoms with Crippen LogP contribution >= 0.6 is 0 Å². The summed E-state index contributed by atoms with van der Waals surface area (Å²) in [4.78, 5) is 11.3. The number of aliphatic hydroxyl groups is 1. The minimum Gasteiger partial charge on any atom is -0.394 e. The van der Waals surface area contributed by atoms with Crippen molar-refractivity contribution in [1.29, 1.82) is 0 Å². The van der Waals surface area contributed by atoms with E-state index in [2.05, 4.69) is 10.6 Å². The van der Waals surface area contributed by atoms with Crippen LogP contribution in [0.3, 0.4) is 0 Å². The molecule has 18 heavy (non-hydrogen) atoms.